The third-order valence-corrected chi connectivity index (χ3v) is 5.38. The number of rotatable bonds is 11. The zero-order valence-corrected chi connectivity index (χ0v) is 21.7. The SMILES string of the molecule is Cc1cc(OC(c2ccc(OC(C)C)cc2)c2n[nH]c(-c3cccc(OC(F)(F)F)c3)n2)ccc1OCC(=O)O. The Kier molecular flexibility index (Phi) is 8.46. The summed E-state index contributed by atoms with van der Waals surface area (Å²) in [7, 11) is 0. The van der Waals surface area contributed by atoms with Crippen molar-refractivity contribution in [1.29, 1.82) is 0 Å². The number of hydrogen-bond acceptors (Lipinski definition) is 7. The third kappa shape index (κ3) is 7.65. The Morgan fingerprint density at radius 2 is 1.70 bits per heavy atom. The molecular formula is C28H26F3N3O6. The van der Waals surface area contributed by atoms with E-state index in [1.54, 1.807) is 55.5 Å². The van der Waals surface area contributed by atoms with Crippen LogP contribution in [0.2, 0.25) is 0 Å². The van der Waals surface area contributed by atoms with Gasteiger partial charge in [-0.3, -0.25) is 5.10 Å². The highest BCUT2D eigenvalue weighted by atomic mass is 19.4. The lowest BCUT2D eigenvalue weighted by atomic mass is 10.1. The predicted molar refractivity (Wildman–Crippen MR) is 137 cm³/mol. The molecule has 0 aliphatic carbocycles. The van der Waals surface area contributed by atoms with Gasteiger partial charge in [0.25, 0.3) is 0 Å². The average molecular weight is 558 g/mol. The maximum absolute atomic E-state index is 12.7. The fraction of sp³-hybridized carbons (Fsp3) is 0.250. The molecule has 4 aromatic rings. The lowest BCUT2D eigenvalue weighted by Gasteiger charge is -2.19. The van der Waals surface area contributed by atoms with Crippen LogP contribution in [0, 0.1) is 6.92 Å². The lowest BCUT2D eigenvalue weighted by molar-refractivity contribution is -0.274. The number of ether oxygens (including phenoxy) is 4. The van der Waals surface area contributed by atoms with Crippen LogP contribution < -0.4 is 18.9 Å². The number of H-pyrrole nitrogens is 1. The minimum Gasteiger partial charge on any atom is -0.491 e. The highest BCUT2D eigenvalue weighted by Gasteiger charge is 2.31. The van der Waals surface area contributed by atoms with Gasteiger partial charge in [0.2, 0.25) is 0 Å². The molecule has 0 saturated carbocycles. The van der Waals surface area contributed by atoms with Crippen molar-refractivity contribution in [3.8, 4) is 34.4 Å². The number of carboxylic acids is 1. The third-order valence-electron chi connectivity index (χ3n) is 5.38. The maximum Gasteiger partial charge on any atom is 0.573 e. The van der Waals surface area contributed by atoms with Gasteiger partial charge in [0.1, 0.15) is 23.0 Å². The number of alkyl halides is 3. The van der Waals surface area contributed by atoms with Gasteiger partial charge in [0, 0.05) is 11.1 Å². The summed E-state index contributed by atoms with van der Waals surface area (Å²) in [6, 6.07) is 17.4. The number of carbonyl (C=O) groups is 1. The quantitative estimate of drug-likeness (QED) is 0.227. The van der Waals surface area contributed by atoms with Gasteiger partial charge in [0.15, 0.2) is 24.4 Å². The number of aryl methyl sites for hydroxylation is 1. The second-order valence-corrected chi connectivity index (χ2v) is 8.96. The molecule has 3 aromatic carbocycles. The molecule has 1 heterocycles. The number of benzene rings is 3. The molecule has 210 valence electrons. The van der Waals surface area contributed by atoms with E-state index in [-0.39, 0.29) is 17.8 Å². The normalized spacial score (nSPS) is 12.2. The van der Waals surface area contributed by atoms with Gasteiger partial charge in [-0.25, -0.2) is 9.78 Å². The van der Waals surface area contributed by atoms with Gasteiger partial charge in [-0.2, -0.15) is 5.10 Å². The van der Waals surface area contributed by atoms with Crippen molar-refractivity contribution < 1.29 is 42.0 Å². The van der Waals surface area contributed by atoms with E-state index >= 15 is 0 Å². The van der Waals surface area contributed by atoms with E-state index in [2.05, 4.69) is 19.9 Å². The van der Waals surface area contributed by atoms with Crippen molar-refractivity contribution in [2.45, 2.75) is 39.3 Å². The summed E-state index contributed by atoms with van der Waals surface area (Å²) in [5.41, 5.74) is 1.66. The Morgan fingerprint density at radius 1 is 0.975 bits per heavy atom. The number of aliphatic carboxylic acids is 1. The number of nitrogens with one attached hydrogen (secondary N) is 1. The fourth-order valence-electron chi connectivity index (χ4n) is 3.76. The maximum atomic E-state index is 12.7. The van der Waals surface area contributed by atoms with Gasteiger partial charge in [-0.05, 0) is 68.8 Å². The summed E-state index contributed by atoms with van der Waals surface area (Å²) >= 11 is 0. The van der Waals surface area contributed by atoms with Crippen LogP contribution in [0.5, 0.6) is 23.0 Å². The van der Waals surface area contributed by atoms with E-state index in [1.807, 2.05) is 13.8 Å². The first-order valence-corrected chi connectivity index (χ1v) is 12.1. The average Bonchev–Trinajstić information content (AvgIpc) is 3.36. The van der Waals surface area contributed by atoms with Crippen LogP contribution in [0.15, 0.2) is 66.7 Å². The molecule has 9 nitrogen and oxygen atoms in total. The smallest absolute Gasteiger partial charge is 0.491 e. The van der Waals surface area contributed by atoms with E-state index < -0.39 is 30.8 Å². The monoisotopic (exact) mass is 557 g/mol. The van der Waals surface area contributed by atoms with Gasteiger partial charge in [-0.1, -0.05) is 24.3 Å². The van der Waals surface area contributed by atoms with E-state index in [0.29, 0.717) is 33.9 Å². The molecule has 0 saturated heterocycles. The number of halogens is 3. The van der Waals surface area contributed by atoms with Crippen LogP contribution >= 0.6 is 0 Å². The zero-order chi connectivity index (χ0) is 28.9. The Bertz CT molecular complexity index is 1450. The van der Waals surface area contributed by atoms with E-state index in [0.717, 1.165) is 0 Å². The van der Waals surface area contributed by atoms with Crippen molar-refractivity contribution >= 4 is 5.97 Å². The fourth-order valence-corrected chi connectivity index (χ4v) is 3.76. The Balaban J connectivity index is 1.65. The second-order valence-electron chi connectivity index (χ2n) is 8.96. The molecule has 1 unspecified atom stereocenters. The molecule has 4 rings (SSSR count). The largest absolute Gasteiger partial charge is 0.573 e. The molecule has 0 aliphatic rings. The number of carboxylic acid groups (broad SMARTS) is 1. The van der Waals surface area contributed by atoms with Crippen LogP contribution in [0.3, 0.4) is 0 Å². The Hall–Kier alpha value is -4.74. The number of aromatic amines is 1. The second kappa shape index (κ2) is 12.0. The van der Waals surface area contributed by atoms with Gasteiger partial charge < -0.3 is 24.1 Å². The van der Waals surface area contributed by atoms with E-state index in [4.69, 9.17) is 19.3 Å². The summed E-state index contributed by atoms with van der Waals surface area (Å²) in [5.74, 6) is 0.425. The molecule has 0 spiro atoms. The number of nitrogens with zero attached hydrogens (tertiary/aromatic N) is 2. The van der Waals surface area contributed by atoms with E-state index in [9.17, 15) is 18.0 Å². The molecular weight excluding hydrogens is 531 g/mol. The topological polar surface area (TPSA) is 116 Å². The Labute approximate surface area is 227 Å². The van der Waals surface area contributed by atoms with Crippen molar-refractivity contribution in [3.05, 3.63) is 83.7 Å². The summed E-state index contributed by atoms with van der Waals surface area (Å²) in [6.45, 7) is 5.09. The van der Waals surface area contributed by atoms with Crippen LogP contribution in [0.1, 0.15) is 36.9 Å². The van der Waals surface area contributed by atoms with E-state index in [1.165, 1.54) is 18.2 Å². The van der Waals surface area contributed by atoms with Crippen LogP contribution in [0.4, 0.5) is 13.2 Å². The van der Waals surface area contributed by atoms with Gasteiger partial charge >= 0.3 is 12.3 Å². The van der Waals surface area contributed by atoms with Crippen LogP contribution in [0.25, 0.3) is 11.4 Å². The summed E-state index contributed by atoms with van der Waals surface area (Å²) in [4.78, 5) is 15.3. The van der Waals surface area contributed by atoms with Gasteiger partial charge in [-0.15, -0.1) is 13.2 Å². The molecule has 2 N–H and O–H groups in total. The first kappa shape index (κ1) is 28.3. The van der Waals surface area contributed by atoms with Crippen LogP contribution in [-0.4, -0.2) is 45.3 Å². The van der Waals surface area contributed by atoms with Crippen LogP contribution in [-0.2, 0) is 4.79 Å². The minimum atomic E-state index is -4.83. The van der Waals surface area contributed by atoms with Crippen molar-refractivity contribution in [2.24, 2.45) is 0 Å². The Morgan fingerprint density at radius 3 is 2.35 bits per heavy atom. The number of aromatic nitrogens is 3. The molecule has 0 fully saturated rings. The van der Waals surface area contributed by atoms with Crippen molar-refractivity contribution in [2.75, 3.05) is 6.61 Å². The van der Waals surface area contributed by atoms with Gasteiger partial charge in [0.05, 0.1) is 6.10 Å². The molecule has 0 aliphatic heterocycles. The molecule has 0 radical (unpaired) electrons. The standard InChI is InChI=1S/C28H26F3N3O6/c1-16(2)38-20-9-7-18(8-10-20)25(39-21-11-12-23(17(3)13-21)37-15-24(35)36)27-32-26(33-34-27)19-5-4-6-22(14-19)40-28(29,30)31/h4-14,16,25H,15H2,1-3H3,(H,35,36)(H,32,33,34). The van der Waals surface area contributed by atoms with Crippen molar-refractivity contribution in [1.82, 2.24) is 15.2 Å². The molecule has 40 heavy (non-hydrogen) atoms. The molecule has 1 aromatic heterocycles. The zero-order valence-electron chi connectivity index (χ0n) is 21.7. The summed E-state index contributed by atoms with van der Waals surface area (Å²) < 4.78 is 59.4. The first-order valence-electron chi connectivity index (χ1n) is 12.1. The molecule has 0 amide bonds. The highest BCUT2D eigenvalue weighted by molar-refractivity contribution is 5.68. The van der Waals surface area contributed by atoms with Crippen molar-refractivity contribution in [3.63, 3.8) is 0 Å². The summed E-state index contributed by atoms with van der Waals surface area (Å²) in [5, 5.41) is 15.9. The lowest BCUT2D eigenvalue weighted by Crippen LogP contribution is -2.17. The number of hydrogen-bond donors (Lipinski definition) is 2. The summed E-state index contributed by atoms with van der Waals surface area (Å²) in [6.07, 6.45) is -5.67. The highest BCUT2D eigenvalue weighted by Crippen LogP contribution is 2.32. The molecule has 0 bridgehead atoms. The minimum absolute atomic E-state index is 0.0182. The molecule has 1 atom stereocenters. The predicted octanol–water partition coefficient (Wildman–Crippen LogP) is 6.10. The first-order chi connectivity index (χ1) is 19.0. The molecule has 12 heteroatoms.